The molecule has 0 bridgehead atoms. The predicted molar refractivity (Wildman–Crippen MR) is 37.3 cm³/mol. The van der Waals surface area contributed by atoms with Crippen LogP contribution in [0.4, 0.5) is 0 Å². The molecule has 2 nitrogen and oxygen atoms in total. The van der Waals surface area contributed by atoms with Gasteiger partial charge in [-0.1, -0.05) is 12.2 Å². The fraction of sp³-hybridized carbons (Fsp3) is 0.714. The van der Waals surface area contributed by atoms with Gasteiger partial charge in [0.2, 0.25) is 0 Å². The van der Waals surface area contributed by atoms with Crippen LogP contribution in [-0.4, -0.2) is 24.3 Å². The van der Waals surface area contributed by atoms with E-state index in [1.54, 1.807) is 6.08 Å². The van der Waals surface area contributed by atoms with E-state index in [4.69, 9.17) is 5.11 Å². The Morgan fingerprint density at radius 2 is 2.56 bits per heavy atom. The molecule has 0 amide bonds. The highest BCUT2D eigenvalue weighted by Gasteiger charge is 2.08. The Kier molecular flexibility index (Phi) is 2.74. The minimum atomic E-state index is 0.165. The molecule has 1 aliphatic heterocycles. The van der Waals surface area contributed by atoms with Gasteiger partial charge in [0.05, 0.1) is 6.61 Å². The highest BCUT2D eigenvalue weighted by molar-refractivity contribution is 4.95. The lowest BCUT2D eigenvalue weighted by Crippen LogP contribution is -2.18. The molecule has 0 aromatic heterocycles. The van der Waals surface area contributed by atoms with Crippen molar-refractivity contribution >= 4 is 0 Å². The van der Waals surface area contributed by atoms with Crippen LogP contribution in [0.3, 0.4) is 0 Å². The molecule has 1 aliphatic rings. The largest absolute Gasteiger partial charge is 0.392 e. The molecule has 0 radical (unpaired) electrons. The SMILES string of the molecule is OC/C=C\C1CCCN1. The average Bonchev–Trinajstić information content (AvgIpc) is 2.34. The van der Waals surface area contributed by atoms with Crippen LogP contribution < -0.4 is 5.32 Å². The van der Waals surface area contributed by atoms with E-state index in [0.29, 0.717) is 6.04 Å². The minimum Gasteiger partial charge on any atom is -0.392 e. The topological polar surface area (TPSA) is 32.3 Å². The van der Waals surface area contributed by atoms with Gasteiger partial charge in [0, 0.05) is 6.04 Å². The van der Waals surface area contributed by atoms with Gasteiger partial charge in [0.15, 0.2) is 0 Å². The molecule has 9 heavy (non-hydrogen) atoms. The number of aliphatic hydroxyl groups excluding tert-OH is 1. The molecule has 0 aromatic rings. The molecule has 1 rings (SSSR count). The monoisotopic (exact) mass is 127 g/mol. The van der Waals surface area contributed by atoms with E-state index < -0.39 is 0 Å². The van der Waals surface area contributed by atoms with Crippen molar-refractivity contribution in [3.8, 4) is 0 Å². The standard InChI is InChI=1S/C7H13NO/c9-6-2-4-7-3-1-5-8-7/h2,4,7-9H,1,3,5-6H2/b4-2-. The molecule has 2 heteroatoms. The summed E-state index contributed by atoms with van der Waals surface area (Å²) in [6, 6.07) is 0.525. The van der Waals surface area contributed by atoms with Gasteiger partial charge in [-0.15, -0.1) is 0 Å². The van der Waals surface area contributed by atoms with Gasteiger partial charge in [-0.05, 0) is 19.4 Å². The van der Waals surface area contributed by atoms with Crippen LogP contribution in [0.2, 0.25) is 0 Å². The number of rotatable bonds is 2. The normalized spacial score (nSPS) is 27.9. The maximum absolute atomic E-state index is 8.41. The first-order chi connectivity index (χ1) is 4.43. The summed E-state index contributed by atoms with van der Waals surface area (Å²) in [6.07, 6.45) is 6.31. The van der Waals surface area contributed by atoms with Crippen molar-refractivity contribution < 1.29 is 5.11 Å². The molecular weight excluding hydrogens is 114 g/mol. The zero-order chi connectivity index (χ0) is 6.53. The van der Waals surface area contributed by atoms with Crippen LogP contribution >= 0.6 is 0 Å². The molecule has 0 aliphatic carbocycles. The second kappa shape index (κ2) is 3.64. The molecule has 2 N–H and O–H groups in total. The summed E-state index contributed by atoms with van der Waals surface area (Å²) >= 11 is 0. The predicted octanol–water partition coefficient (Wildman–Crippen LogP) is 0.287. The van der Waals surface area contributed by atoms with Crippen LogP contribution in [0.15, 0.2) is 12.2 Å². The van der Waals surface area contributed by atoms with E-state index in [1.807, 2.05) is 6.08 Å². The second-order valence-electron chi connectivity index (χ2n) is 2.31. The zero-order valence-corrected chi connectivity index (χ0v) is 5.51. The molecule has 1 fully saturated rings. The molecule has 52 valence electrons. The van der Waals surface area contributed by atoms with E-state index in [-0.39, 0.29) is 6.61 Å². The van der Waals surface area contributed by atoms with E-state index in [1.165, 1.54) is 12.8 Å². The smallest absolute Gasteiger partial charge is 0.0612 e. The molecule has 0 aromatic carbocycles. The van der Waals surface area contributed by atoms with Gasteiger partial charge >= 0.3 is 0 Å². The van der Waals surface area contributed by atoms with Crippen molar-refractivity contribution in [1.82, 2.24) is 5.32 Å². The van der Waals surface area contributed by atoms with Crippen molar-refractivity contribution in [2.24, 2.45) is 0 Å². The van der Waals surface area contributed by atoms with Gasteiger partial charge in [-0.25, -0.2) is 0 Å². The van der Waals surface area contributed by atoms with Crippen molar-refractivity contribution in [3.05, 3.63) is 12.2 Å². The molecule has 1 unspecified atom stereocenters. The summed E-state index contributed by atoms with van der Waals surface area (Å²) in [7, 11) is 0. The Morgan fingerprint density at radius 1 is 1.67 bits per heavy atom. The van der Waals surface area contributed by atoms with Crippen molar-refractivity contribution in [1.29, 1.82) is 0 Å². The van der Waals surface area contributed by atoms with Crippen molar-refractivity contribution in [3.63, 3.8) is 0 Å². The Labute approximate surface area is 55.6 Å². The van der Waals surface area contributed by atoms with Crippen LogP contribution in [0.25, 0.3) is 0 Å². The van der Waals surface area contributed by atoms with E-state index >= 15 is 0 Å². The number of hydrogen-bond acceptors (Lipinski definition) is 2. The van der Waals surface area contributed by atoms with E-state index in [9.17, 15) is 0 Å². The molecule has 1 atom stereocenters. The van der Waals surface area contributed by atoms with Crippen LogP contribution in [0, 0.1) is 0 Å². The van der Waals surface area contributed by atoms with Gasteiger partial charge < -0.3 is 10.4 Å². The number of aliphatic hydroxyl groups is 1. The summed E-state index contributed by atoms with van der Waals surface area (Å²) < 4.78 is 0. The third-order valence-electron chi connectivity index (χ3n) is 1.57. The highest BCUT2D eigenvalue weighted by atomic mass is 16.2. The summed E-state index contributed by atoms with van der Waals surface area (Å²) in [5.41, 5.74) is 0. The fourth-order valence-corrected chi connectivity index (χ4v) is 1.10. The minimum absolute atomic E-state index is 0.165. The lowest BCUT2D eigenvalue weighted by atomic mass is 10.2. The van der Waals surface area contributed by atoms with Crippen LogP contribution in [0.1, 0.15) is 12.8 Å². The number of nitrogens with one attached hydrogen (secondary N) is 1. The van der Waals surface area contributed by atoms with Crippen molar-refractivity contribution in [2.75, 3.05) is 13.2 Å². The summed E-state index contributed by atoms with van der Waals surface area (Å²) in [4.78, 5) is 0. The fourth-order valence-electron chi connectivity index (χ4n) is 1.10. The van der Waals surface area contributed by atoms with Gasteiger partial charge in [-0.3, -0.25) is 0 Å². The first kappa shape index (κ1) is 6.78. The Balaban J connectivity index is 2.18. The van der Waals surface area contributed by atoms with Gasteiger partial charge in [0.25, 0.3) is 0 Å². The maximum atomic E-state index is 8.41. The molecule has 0 saturated carbocycles. The Morgan fingerprint density at radius 3 is 3.11 bits per heavy atom. The highest BCUT2D eigenvalue weighted by Crippen LogP contribution is 2.04. The summed E-state index contributed by atoms with van der Waals surface area (Å²) in [5.74, 6) is 0. The number of hydrogen-bond donors (Lipinski definition) is 2. The quantitative estimate of drug-likeness (QED) is 0.522. The third kappa shape index (κ3) is 2.16. The Hall–Kier alpha value is -0.340. The third-order valence-corrected chi connectivity index (χ3v) is 1.57. The molecule has 1 saturated heterocycles. The lowest BCUT2D eigenvalue weighted by molar-refractivity contribution is 0.342. The van der Waals surface area contributed by atoms with Gasteiger partial charge in [0.1, 0.15) is 0 Å². The summed E-state index contributed by atoms with van der Waals surface area (Å²) in [5, 5.41) is 11.7. The summed E-state index contributed by atoms with van der Waals surface area (Å²) in [6.45, 7) is 1.29. The molecular formula is C7H13NO. The zero-order valence-electron chi connectivity index (χ0n) is 5.51. The maximum Gasteiger partial charge on any atom is 0.0612 e. The van der Waals surface area contributed by atoms with Crippen LogP contribution in [-0.2, 0) is 0 Å². The first-order valence-corrected chi connectivity index (χ1v) is 3.44. The first-order valence-electron chi connectivity index (χ1n) is 3.44. The van der Waals surface area contributed by atoms with Gasteiger partial charge in [-0.2, -0.15) is 0 Å². The van der Waals surface area contributed by atoms with E-state index in [0.717, 1.165) is 6.54 Å². The second-order valence-corrected chi connectivity index (χ2v) is 2.31. The Bertz CT molecular complexity index is 95.1. The lowest BCUT2D eigenvalue weighted by Gasteiger charge is -2.00. The van der Waals surface area contributed by atoms with Crippen LogP contribution in [0.5, 0.6) is 0 Å². The van der Waals surface area contributed by atoms with Crippen molar-refractivity contribution in [2.45, 2.75) is 18.9 Å². The molecule has 1 heterocycles. The van der Waals surface area contributed by atoms with E-state index in [2.05, 4.69) is 5.32 Å². The average molecular weight is 127 g/mol. The molecule has 0 spiro atoms.